The molecule has 2 N–H and O–H groups in total. The Morgan fingerprint density at radius 1 is 1.26 bits per heavy atom. The zero-order valence-electron chi connectivity index (χ0n) is 12.6. The third kappa shape index (κ3) is 4.75. The predicted octanol–water partition coefficient (Wildman–Crippen LogP) is 2.44. The summed E-state index contributed by atoms with van der Waals surface area (Å²) in [6.07, 6.45) is -0.977. The van der Waals surface area contributed by atoms with Crippen LogP contribution in [0.15, 0.2) is 42.5 Å². The number of hydrogen-bond acceptors (Lipinski definition) is 3. The van der Waals surface area contributed by atoms with Crippen molar-refractivity contribution in [1.29, 1.82) is 0 Å². The van der Waals surface area contributed by atoms with Crippen LogP contribution in [0.25, 0.3) is 0 Å². The lowest BCUT2D eigenvalue weighted by Crippen LogP contribution is -2.35. The molecule has 0 aliphatic heterocycles. The number of hydrogen-bond donors (Lipinski definition) is 2. The van der Waals surface area contributed by atoms with Gasteiger partial charge < -0.3 is 15.2 Å². The van der Waals surface area contributed by atoms with Gasteiger partial charge in [0.2, 0.25) is 0 Å². The maximum absolute atomic E-state index is 13.4. The number of para-hydroxylation sites is 1. The molecule has 0 heterocycles. The maximum atomic E-state index is 13.4. The van der Waals surface area contributed by atoms with Crippen LogP contribution in [-0.4, -0.2) is 30.3 Å². The van der Waals surface area contributed by atoms with Crippen LogP contribution >= 0.6 is 0 Å². The third-order valence-electron chi connectivity index (χ3n) is 3.20. The summed E-state index contributed by atoms with van der Waals surface area (Å²) in [5.41, 5.74) is 0.516. The number of carbonyl (C=O) groups excluding carboxylic acids is 1. The van der Waals surface area contributed by atoms with E-state index >= 15 is 0 Å². The second-order valence-electron chi connectivity index (χ2n) is 5.06. The van der Waals surface area contributed by atoms with Crippen LogP contribution in [0.1, 0.15) is 15.9 Å². The van der Waals surface area contributed by atoms with Crippen LogP contribution in [0.3, 0.4) is 0 Å². The molecular weight excluding hydrogens is 304 g/mol. The molecule has 2 rings (SSSR count). The molecule has 1 amide bonds. The summed E-state index contributed by atoms with van der Waals surface area (Å²) in [4.78, 5) is 11.8. The van der Waals surface area contributed by atoms with Gasteiger partial charge in [-0.25, -0.2) is 8.78 Å². The van der Waals surface area contributed by atoms with E-state index in [1.54, 1.807) is 6.07 Å². The second-order valence-corrected chi connectivity index (χ2v) is 5.06. The SMILES string of the molecule is Cc1ccccc1OCC(O)CNC(=O)c1cc(F)ccc1F. The van der Waals surface area contributed by atoms with Crippen molar-refractivity contribution >= 4 is 5.91 Å². The summed E-state index contributed by atoms with van der Waals surface area (Å²) in [5, 5.41) is 12.2. The van der Waals surface area contributed by atoms with E-state index in [9.17, 15) is 18.7 Å². The molecule has 2 aromatic carbocycles. The Hall–Kier alpha value is -2.47. The van der Waals surface area contributed by atoms with Crippen LogP contribution in [-0.2, 0) is 0 Å². The minimum absolute atomic E-state index is 0.0310. The third-order valence-corrected chi connectivity index (χ3v) is 3.20. The minimum Gasteiger partial charge on any atom is -0.491 e. The van der Waals surface area contributed by atoms with E-state index in [1.165, 1.54) is 0 Å². The van der Waals surface area contributed by atoms with E-state index in [1.807, 2.05) is 25.1 Å². The highest BCUT2D eigenvalue weighted by atomic mass is 19.1. The molecule has 1 atom stereocenters. The minimum atomic E-state index is -0.977. The van der Waals surface area contributed by atoms with Crippen molar-refractivity contribution in [1.82, 2.24) is 5.32 Å². The number of amides is 1. The van der Waals surface area contributed by atoms with Crippen molar-refractivity contribution in [3.63, 3.8) is 0 Å². The summed E-state index contributed by atoms with van der Waals surface area (Å²) in [5.74, 6) is -1.69. The Morgan fingerprint density at radius 3 is 2.74 bits per heavy atom. The first kappa shape index (κ1) is 16.9. The molecule has 0 bridgehead atoms. The highest BCUT2D eigenvalue weighted by Gasteiger charge is 2.14. The maximum Gasteiger partial charge on any atom is 0.254 e. The van der Waals surface area contributed by atoms with Gasteiger partial charge in [0.1, 0.15) is 30.1 Å². The molecule has 6 heteroatoms. The number of aryl methyl sites for hydroxylation is 1. The summed E-state index contributed by atoms with van der Waals surface area (Å²) in [6, 6.07) is 9.93. The second kappa shape index (κ2) is 7.69. The first-order valence-electron chi connectivity index (χ1n) is 7.07. The van der Waals surface area contributed by atoms with Crippen LogP contribution in [0.4, 0.5) is 8.78 Å². The zero-order valence-corrected chi connectivity index (χ0v) is 12.6. The van der Waals surface area contributed by atoms with Gasteiger partial charge >= 0.3 is 0 Å². The molecule has 0 radical (unpaired) electrons. The molecule has 0 saturated carbocycles. The standard InChI is InChI=1S/C17H17F2NO3/c1-11-4-2-3-5-16(11)23-10-13(21)9-20-17(22)14-8-12(18)6-7-15(14)19/h2-8,13,21H,9-10H2,1H3,(H,20,22). The van der Waals surface area contributed by atoms with Crippen molar-refractivity contribution in [2.24, 2.45) is 0 Å². The van der Waals surface area contributed by atoms with E-state index in [-0.39, 0.29) is 13.2 Å². The molecule has 0 spiro atoms. The van der Waals surface area contributed by atoms with Gasteiger partial charge in [0.25, 0.3) is 5.91 Å². The van der Waals surface area contributed by atoms with Gasteiger partial charge in [-0.3, -0.25) is 4.79 Å². The van der Waals surface area contributed by atoms with Crippen molar-refractivity contribution < 1.29 is 23.4 Å². The fourth-order valence-corrected chi connectivity index (χ4v) is 1.94. The monoisotopic (exact) mass is 321 g/mol. The molecule has 0 aliphatic rings. The lowest BCUT2D eigenvalue weighted by molar-refractivity contribution is 0.0839. The highest BCUT2D eigenvalue weighted by Crippen LogP contribution is 2.16. The first-order chi connectivity index (χ1) is 11.0. The van der Waals surface area contributed by atoms with E-state index in [2.05, 4.69) is 5.32 Å². The Kier molecular flexibility index (Phi) is 5.65. The zero-order chi connectivity index (χ0) is 16.8. The number of rotatable bonds is 6. The van der Waals surface area contributed by atoms with E-state index in [0.717, 1.165) is 23.8 Å². The summed E-state index contributed by atoms with van der Waals surface area (Å²) in [7, 11) is 0. The molecule has 1 unspecified atom stereocenters. The number of aliphatic hydroxyl groups is 1. The average molecular weight is 321 g/mol. The van der Waals surface area contributed by atoms with Gasteiger partial charge in [-0.15, -0.1) is 0 Å². The Balaban J connectivity index is 1.84. The highest BCUT2D eigenvalue weighted by molar-refractivity contribution is 5.94. The van der Waals surface area contributed by atoms with E-state index in [0.29, 0.717) is 5.75 Å². The number of halogens is 2. The van der Waals surface area contributed by atoms with Crippen LogP contribution < -0.4 is 10.1 Å². The van der Waals surface area contributed by atoms with Crippen molar-refractivity contribution in [3.05, 3.63) is 65.2 Å². The fourth-order valence-electron chi connectivity index (χ4n) is 1.94. The summed E-state index contributed by atoms with van der Waals surface area (Å²) in [6.45, 7) is 1.70. The van der Waals surface area contributed by atoms with Gasteiger partial charge in [0, 0.05) is 6.54 Å². The molecular formula is C17H17F2NO3. The number of carbonyl (C=O) groups is 1. The largest absolute Gasteiger partial charge is 0.491 e. The predicted molar refractivity (Wildman–Crippen MR) is 81.4 cm³/mol. The molecule has 23 heavy (non-hydrogen) atoms. The van der Waals surface area contributed by atoms with Gasteiger partial charge in [0.05, 0.1) is 5.56 Å². The van der Waals surface area contributed by atoms with Gasteiger partial charge in [-0.1, -0.05) is 18.2 Å². The molecule has 122 valence electrons. The molecule has 0 aromatic heterocycles. The van der Waals surface area contributed by atoms with Gasteiger partial charge in [-0.05, 0) is 36.8 Å². The topological polar surface area (TPSA) is 58.6 Å². The Bertz CT molecular complexity index is 691. The molecule has 0 aliphatic carbocycles. The average Bonchev–Trinajstić information content (AvgIpc) is 2.54. The molecule has 2 aromatic rings. The number of benzene rings is 2. The van der Waals surface area contributed by atoms with Gasteiger partial charge in [-0.2, -0.15) is 0 Å². The lowest BCUT2D eigenvalue weighted by atomic mass is 10.2. The number of ether oxygens (including phenoxy) is 1. The quantitative estimate of drug-likeness (QED) is 0.859. The first-order valence-corrected chi connectivity index (χ1v) is 7.07. The normalized spacial score (nSPS) is 11.8. The Labute approximate surface area is 132 Å². The van der Waals surface area contributed by atoms with Crippen LogP contribution in [0.5, 0.6) is 5.75 Å². The Morgan fingerprint density at radius 2 is 2.00 bits per heavy atom. The van der Waals surface area contributed by atoms with Crippen LogP contribution in [0.2, 0.25) is 0 Å². The fraction of sp³-hybridized carbons (Fsp3) is 0.235. The summed E-state index contributed by atoms with van der Waals surface area (Å²) >= 11 is 0. The molecule has 0 saturated heterocycles. The molecule has 0 fully saturated rings. The smallest absolute Gasteiger partial charge is 0.254 e. The van der Waals surface area contributed by atoms with E-state index in [4.69, 9.17) is 4.74 Å². The lowest BCUT2D eigenvalue weighted by Gasteiger charge is -2.14. The van der Waals surface area contributed by atoms with E-state index < -0.39 is 29.2 Å². The summed E-state index contributed by atoms with van der Waals surface area (Å²) < 4.78 is 31.9. The number of aliphatic hydroxyl groups excluding tert-OH is 1. The number of nitrogens with one attached hydrogen (secondary N) is 1. The van der Waals surface area contributed by atoms with Gasteiger partial charge in [0.15, 0.2) is 0 Å². The van der Waals surface area contributed by atoms with Crippen molar-refractivity contribution in [3.8, 4) is 5.75 Å². The molecule has 4 nitrogen and oxygen atoms in total. The van der Waals surface area contributed by atoms with Crippen molar-refractivity contribution in [2.75, 3.05) is 13.2 Å². The van der Waals surface area contributed by atoms with Crippen LogP contribution in [0, 0.1) is 18.6 Å². The van der Waals surface area contributed by atoms with Crippen molar-refractivity contribution in [2.45, 2.75) is 13.0 Å².